The summed E-state index contributed by atoms with van der Waals surface area (Å²) in [6.45, 7) is 1.58. The molecule has 0 atom stereocenters. The van der Waals surface area contributed by atoms with Crippen LogP contribution in [0.2, 0.25) is 5.02 Å². The fourth-order valence-corrected chi connectivity index (χ4v) is 5.77. The summed E-state index contributed by atoms with van der Waals surface area (Å²) in [5, 5.41) is 3.94. The number of thioether (sulfide) groups is 1. The minimum absolute atomic E-state index is 0.0118. The number of carbonyl (C=O) groups excluding carboxylic acids is 3. The van der Waals surface area contributed by atoms with E-state index in [2.05, 4.69) is 5.32 Å². The molecule has 3 amide bonds. The van der Waals surface area contributed by atoms with Gasteiger partial charge in [0.25, 0.3) is 11.1 Å². The van der Waals surface area contributed by atoms with Crippen LogP contribution < -0.4 is 19.5 Å². The van der Waals surface area contributed by atoms with Gasteiger partial charge in [-0.3, -0.25) is 19.3 Å². The Labute approximate surface area is 271 Å². The zero-order valence-corrected chi connectivity index (χ0v) is 26.0. The van der Waals surface area contributed by atoms with Gasteiger partial charge in [0.2, 0.25) is 5.91 Å². The molecule has 1 fully saturated rings. The highest BCUT2D eigenvalue weighted by molar-refractivity contribution is 8.18. The predicted molar refractivity (Wildman–Crippen MR) is 170 cm³/mol. The van der Waals surface area contributed by atoms with Crippen LogP contribution in [0.3, 0.4) is 0 Å². The van der Waals surface area contributed by atoms with Gasteiger partial charge in [0.05, 0.1) is 34.9 Å². The molecule has 1 aliphatic rings. The summed E-state index contributed by atoms with van der Waals surface area (Å²) in [6.07, 6.45) is -3.23. The number of alkyl halides is 3. The number of halogens is 4. The molecular formula is C33H26ClF3N2O6S. The first kappa shape index (κ1) is 32.7. The molecule has 4 aromatic carbocycles. The number of nitrogens with one attached hydrogen (secondary N) is 1. The van der Waals surface area contributed by atoms with E-state index >= 15 is 0 Å². The smallest absolute Gasteiger partial charge is 0.416 e. The summed E-state index contributed by atoms with van der Waals surface area (Å²) in [5.74, 6) is -1.04. The van der Waals surface area contributed by atoms with Gasteiger partial charge in [0, 0.05) is 0 Å². The molecular weight excluding hydrogens is 645 g/mol. The molecule has 1 saturated heterocycles. The zero-order valence-electron chi connectivity index (χ0n) is 24.4. The van der Waals surface area contributed by atoms with Crippen molar-refractivity contribution in [1.29, 1.82) is 0 Å². The summed E-state index contributed by atoms with van der Waals surface area (Å²) in [7, 11) is 1.23. The topological polar surface area (TPSA) is 94.2 Å². The maximum Gasteiger partial charge on any atom is 0.416 e. The number of imide groups is 1. The Morgan fingerprint density at radius 3 is 2.46 bits per heavy atom. The van der Waals surface area contributed by atoms with Crippen molar-refractivity contribution in [2.45, 2.75) is 19.7 Å². The Morgan fingerprint density at radius 2 is 1.74 bits per heavy atom. The lowest BCUT2D eigenvalue weighted by Crippen LogP contribution is -2.36. The monoisotopic (exact) mass is 670 g/mol. The SMILES string of the molecule is CCOc1cc(/C=C2\SC(=O)N(CC(=O)Nc3cc(C(F)(F)F)ccc3OC)C2=O)cc(Cl)c1OCc1ccc2ccccc2c1. The van der Waals surface area contributed by atoms with Crippen LogP contribution in [0.1, 0.15) is 23.6 Å². The number of anilines is 1. The van der Waals surface area contributed by atoms with Crippen molar-refractivity contribution in [2.75, 3.05) is 25.6 Å². The van der Waals surface area contributed by atoms with Gasteiger partial charge in [0.1, 0.15) is 18.9 Å². The Hall–Kier alpha value is -4.68. The Bertz CT molecular complexity index is 1860. The second kappa shape index (κ2) is 13.8. The number of rotatable bonds is 10. The number of nitrogens with zero attached hydrogens (tertiary/aromatic N) is 1. The van der Waals surface area contributed by atoms with Crippen LogP contribution in [-0.2, 0) is 22.4 Å². The minimum atomic E-state index is -4.66. The second-order valence-electron chi connectivity index (χ2n) is 9.96. The van der Waals surface area contributed by atoms with Crippen molar-refractivity contribution < 1.29 is 41.8 Å². The molecule has 1 heterocycles. The third kappa shape index (κ3) is 7.40. The molecule has 238 valence electrons. The number of amides is 3. The third-order valence-corrected chi connectivity index (χ3v) is 7.99. The molecule has 0 aromatic heterocycles. The number of hydrogen-bond acceptors (Lipinski definition) is 7. The highest BCUT2D eigenvalue weighted by Gasteiger charge is 2.37. The van der Waals surface area contributed by atoms with E-state index < -0.39 is 35.3 Å². The first-order valence-corrected chi connectivity index (χ1v) is 15.0. The third-order valence-electron chi connectivity index (χ3n) is 6.80. The number of ether oxygens (including phenoxy) is 3. The fraction of sp³-hybridized carbons (Fsp3) is 0.182. The van der Waals surface area contributed by atoms with Gasteiger partial charge in [-0.2, -0.15) is 13.2 Å². The van der Waals surface area contributed by atoms with Gasteiger partial charge >= 0.3 is 6.18 Å². The van der Waals surface area contributed by atoms with E-state index in [1.165, 1.54) is 13.2 Å². The number of carbonyl (C=O) groups is 3. The van der Waals surface area contributed by atoms with Crippen LogP contribution in [0.15, 0.2) is 77.7 Å². The molecule has 0 unspecified atom stereocenters. The standard InChI is InChI=1S/C33H26ClF3N2O6S/c1-3-44-27-14-20(13-24(34)30(27)45-18-19-8-9-21-6-4-5-7-22(21)12-19)15-28-31(41)39(32(42)46-28)17-29(40)38-25-16-23(33(35,36)37)10-11-26(25)43-2/h4-16H,3,17-18H2,1-2H3,(H,38,40)/b28-15-. The number of methoxy groups -OCH3 is 1. The summed E-state index contributed by atoms with van der Waals surface area (Å²) < 4.78 is 56.4. The molecule has 1 N–H and O–H groups in total. The quantitative estimate of drug-likeness (QED) is 0.170. The molecule has 0 radical (unpaired) electrons. The summed E-state index contributed by atoms with van der Waals surface area (Å²) in [6, 6.07) is 19.7. The van der Waals surface area contributed by atoms with Gasteiger partial charge in [-0.15, -0.1) is 0 Å². The lowest BCUT2D eigenvalue weighted by molar-refractivity contribution is -0.137. The van der Waals surface area contributed by atoms with Crippen molar-refractivity contribution in [2.24, 2.45) is 0 Å². The molecule has 1 aliphatic heterocycles. The van der Waals surface area contributed by atoms with E-state index in [0.29, 0.717) is 46.4 Å². The van der Waals surface area contributed by atoms with E-state index in [-0.39, 0.29) is 28.0 Å². The Kier molecular flexibility index (Phi) is 9.78. The number of hydrogen-bond donors (Lipinski definition) is 1. The van der Waals surface area contributed by atoms with Gasteiger partial charge in [0.15, 0.2) is 11.5 Å². The molecule has 0 saturated carbocycles. The van der Waals surface area contributed by atoms with Gasteiger partial charge in [-0.1, -0.05) is 48.0 Å². The van der Waals surface area contributed by atoms with Crippen molar-refractivity contribution in [3.63, 3.8) is 0 Å². The maximum absolute atomic E-state index is 13.2. The van der Waals surface area contributed by atoms with Gasteiger partial charge in [-0.25, -0.2) is 0 Å². The zero-order chi connectivity index (χ0) is 33.0. The first-order chi connectivity index (χ1) is 22.0. The maximum atomic E-state index is 13.2. The molecule has 0 aliphatic carbocycles. The van der Waals surface area contributed by atoms with E-state index in [9.17, 15) is 27.6 Å². The lowest BCUT2D eigenvalue weighted by Gasteiger charge is -2.16. The summed E-state index contributed by atoms with van der Waals surface area (Å²) >= 11 is 7.19. The van der Waals surface area contributed by atoms with Gasteiger partial charge < -0.3 is 19.5 Å². The van der Waals surface area contributed by atoms with Gasteiger partial charge in [-0.05, 0) is 83.1 Å². The largest absolute Gasteiger partial charge is 0.495 e. The molecule has 0 bridgehead atoms. The highest BCUT2D eigenvalue weighted by atomic mass is 35.5. The predicted octanol–water partition coefficient (Wildman–Crippen LogP) is 8.17. The molecule has 13 heteroatoms. The number of fused-ring (bicyclic) bond motifs is 1. The van der Waals surface area contributed by atoms with Crippen molar-refractivity contribution in [3.05, 3.63) is 99.4 Å². The Balaban J connectivity index is 1.30. The highest BCUT2D eigenvalue weighted by Crippen LogP contribution is 2.40. The van der Waals surface area contributed by atoms with Crippen molar-refractivity contribution in [3.8, 4) is 17.2 Å². The van der Waals surface area contributed by atoms with Crippen LogP contribution >= 0.6 is 23.4 Å². The second-order valence-corrected chi connectivity index (χ2v) is 11.4. The minimum Gasteiger partial charge on any atom is -0.495 e. The van der Waals surface area contributed by atoms with E-state index in [1.807, 2.05) is 42.5 Å². The lowest BCUT2D eigenvalue weighted by atomic mass is 10.1. The fourth-order valence-electron chi connectivity index (χ4n) is 4.66. The van der Waals surface area contributed by atoms with Crippen LogP contribution in [0.5, 0.6) is 17.2 Å². The van der Waals surface area contributed by atoms with Crippen LogP contribution in [0.25, 0.3) is 16.8 Å². The first-order valence-electron chi connectivity index (χ1n) is 13.8. The molecule has 0 spiro atoms. The molecule has 5 rings (SSSR count). The Morgan fingerprint density at radius 1 is 0.978 bits per heavy atom. The van der Waals surface area contributed by atoms with E-state index in [1.54, 1.807) is 19.1 Å². The molecule has 46 heavy (non-hydrogen) atoms. The molecule has 8 nitrogen and oxygen atoms in total. The number of benzene rings is 4. The summed E-state index contributed by atoms with van der Waals surface area (Å²) in [5.41, 5.74) is 0.0967. The van der Waals surface area contributed by atoms with Crippen LogP contribution in [0.4, 0.5) is 23.7 Å². The van der Waals surface area contributed by atoms with E-state index in [4.69, 9.17) is 25.8 Å². The van der Waals surface area contributed by atoms with Crippen molar-refractivity contribution in [1.82, 2.24) is 4.90 Å². The summed E-state index contributed by atoms with van der Waals surface area (Å²) in [4.78, 5) is 39.2. The van der Waals surface area contributed by atoms with E-state index in [0.717, 1.165) is 28.5 Å². The van der Waals surface area contributed by atoms with Crippen LogP contribution in [-0.4, -0.2) is 42.2 Å². The average Bonchev–Trinajstić information content (AvgIpc) is 3.27. The molecule has 4 aromatic rings. The van der Waals surface area contributed by atoms with Crippen molar-refractivity contribution >= 4 is 63.0 Å². The normalized spacial score (nSPS) is 14.2. The average molecular weight is 671 g/mol. The van der Waals surface area contributed by atoms with Crippen LogP contribution in [0, 0.1) is 0 Å².